The maximum absolute atomic E-state index is 14.6. The van der Waals surface area contributed by atoms with E-state index in [1.54, 1.807) is 13.3 Å². The summed E-state index contributed by atoms with van der Waals surface area (Å²) in [5.41, 5.74) is 7.43. The fraction of sp³-hybridized carbons (Fsp3) is 0.438. The van der Waals surface area contributed by atoms with E-state index in [1.165, 1.54) is 6.07 Å². The van der Waals surface area contributed by atoms with Gasteiger partial charge in [-0.2, -0.15) is 0 Å². The lowest BCUT2D eigenvalue weighted by Crippen LogP contribution is -2.36. The lowest BCUT2D eigenvalue weighted by molar-refractivity contribution is 0.203. The van der Waals surface area contributed by atoms with Crippen LogP contribution in [-0.2, 0) is 4.74 Å². The molecular formula is C16H22FN3O. The average Bonchev–Trinajstić information content (AvgIpc) is 2.49. The van der Waals surface area contributed by atoms with Gasteiger partial charge in [0.2, 0.25) is 0 Å². The molecule has 0 saturated carbocycles. The molecule has 0 radical (unpaired) electrons. The molecule has 0 fully saturated rings. The van der Waals surface area contributed by atoms with Crippen LogP contribution in [0.2, 0.25) is 0 Å². The minimum Gasteiger partial charge on any atom is -0.398 e. The first-order valence-corrected chi connectivity index (χ1v) is 7.18. The zero-order valence-electron chi connectivity index (χ0n) is 12.8. The Morgan fingerprint density at radius 3 is 2.90 bits per heavy atom. The number of rotatable bonds is 6. The van der Waals surface area contributed by atoms with E-state index in [9.17, 15) is 4.39 Å². The van der Waals surface area contributed by atoms with Gasteiger partial charge in [-0.15, -0.1) is 0 Å². The maximum atomic E-state index is 14.6. The van der Waals surface area contributed by atoms with E-state index in [4.69, 9.17) is 10.5 Å². The Bertz CT molecular complexity index is 618. The van der Waals surface area contributed by atoms with E-state index in [-0.39, 0.29) is 11.9 Å². The van der Waals surface area contributed by atoms with Crippen molar-refractivity contribution in [2.45, 2.75) is 26.3 Å². The number of anilines is 2. The zero-order valence-corrected chi connectivity index (χ0v) is 12.8. The van der Waals surface area contributed by atoms with Crippen molar-refractivity contribution in [3.8, 4) is 0 Å². The minimum absolute atomic E-state index is 0.184. The van der Waals surface area contributed by atoms with Crippen LogP contribution in [0.1, 0.15) is 20.3 Å². The molecule has 0 spiro atoms. The second-order valence-corrected chi connectivity index (χ2v) is 5.14. The molecule has 4 nitrogen and oxygen atoms in total. The fourth-order valence-electron chi connectivity index (χ4n) is 2.46. The normalized spacial score (nSPS) is 12.6. The summed E-state index contributed by atoms with van der Waals surface area (Å²) in [6.45, 7) is 5.29. The van der Waals surface area contributed by atoms with Crippen LogP contribution in [-0.4, -0.2) is 31.3 Å². The van der Waals surface area contributed by atoms with Gasteiger partial charge < -0.3 is 15.4 Å². The van der Waals surface area contributed by atoms with E-state index in [0.717, 1.165) is 11.8 Å². The number of pyridine rings is 1. The molecule has 1 unspecified atom stereocenters. The van der Waals surface area contributed by atoms with Crippen LogP contribution in [0.25, 0.3) is 10.9 Å². The molecule has 1 aromatic heterocycles. The number of nitrogens with two attached hydrogens (primary N) is 1. The lowest BCUT2D eigenvalue weighted by atomic mass is 10.1. The third-order valence-corrected chi connectivity index (χ3v) is 3.80. The van der Waals surface area contributed by atoms with Gasteiger partial charge in [-0.25, -0.2) is 4.39 Å². The Morgan fingerprint density at radius 1 is 1.48 bits per heavy atom. The SMILES string of the molecule is CCC(C)N(CCOC)c1c(F)cc(N)c2cccnc12. The summed E-state index contributed by atoms with van der Waals surface area (Å²) in [6, 6.07) is 5.24. The number of nitrogen functional groups attached to an aromatic ring is 1. The van der Waals surface area contributed by atoms with Crippen molar-refractivity contribution in [2.24, 2.45) is 0 Å². The van der Waals surface area contributed by atoms with Crippen molar-refractivity contribution in [3.05, 3.63) is 30.2 Å². The Kier molecular flexibility index (Phi) is 4.96. The van der Waals surface area contributed by atoms with Crippen LogP contribution >= 0.6 is 0 Å². The van der Waals surface area contributed by atoms with Crippen molar-refractivity contribution in [1.82, 2.24) is 4.98 Å². The van der Waals surface area contributed by atoms with Gasteiger partial charge in [-0.3, -0.25) is 4.98 Å². The number of hydrogen-bond acceptors (Lipinski definition) is 4. The zero-order chi connectivity index (χ0) is 15.4. The molecule has 2 N–H and O–H groups in total. The summed E-state index contributed by atoms with van der Waals surface area (Å²) in [4.78, 5) is 6.35. The van der Waals surface area contributed by atoms with Crippen molar-refractivity contribution in [2.75, 3.05) is 30.9 Å². The predicted molar refractivity (Wildman–Crippen MR) is 85.1 cm³/mol. The fourth-order valence-corrected chi connectivity index (χ4v) is 2.46. The number of nitrogens with zero attached hydrogens (tertiary/aromatic N) is 2. The number of fused-ring (bicyclic) bond motifs is 1. The Hall–Kier alpha value is -1.88. The highest BCUT2D eigenvalue weighted by Crippen LogP contribution is 2.33. The van der Waals surface area contributed by atoms with Crippen molar-refractivity contribution in [1.29, 1.82) is 0 Å². The summed E-state index contributed by atoms with van der Waals surface area (Å²) >= 11 is 0. The van der Waals surface area contributed by atoms with Crippen LogP contribution < -0.4 is 10.6 Å². The molecule has 2 rings (SSSR count). The standard InChI is InChI=1S/C16H22FN3O/c1-4-11(2)20(8-9-21-3)16-13(17)10-14(18)12-6-5-7-19-15(12)16/h5-7,10-11H,4,8-9,18H2,1-3H3. The molecule has 0 aliphatic heterocycles. The van der Waals surface area contributed by atoms with Gasteiger partial charge in [-0.1, -0.05) is 6.92 Å². The average molecular weight is 291 g/mol. The third-order valence-electron chi connectivity index (χ3n) is 3.80. The largest absolute Gasteiger partial charge is 0.398 e. The van der Waals surface area contributed by atoms with Gasteiger partial charge in [0.05, 0.1) is 12.1 Å². The number of methoxy groups -OCH3 is 1. The van der Waals surface area contributed by atoms with Crippen molar-refractivity contribution >= 4 is 22.3 Å². The highest BCUT2D eigenvalue weighted by Gasteiger charge is 2.21. The van der Waals surface area contributed by atoms with E-state index in [1.807, 2.05) is 17.0 Å². The lowest BCUT2D eigenvalue weighted by Gasteiger charge is -2.31. The molecular weight excluding hydrogens is 269 g/mol. The van der Waals surface area contributed by atoms with Gasteiger partial charge >= 0.3 is 0 Å². The van der Waals surface area contributed by atoms with Crippen molar-refractivity contribution < 1.29 is 9.13 Å². The molecule has 1 heterocycles. The van der Waals surface area contributed by atoms with Gasteiger partial charge in [0.15, 0.2) is 5.82 Å². The Morgan fingerprint density at radius 2 is 2.24 bits per heavy atom. The molecule has 2 aromatic rings. The molecule has 1 atom stereocenters. The van der Waals surface area contributed by atoms with Crippen LogP contribution in [0.5, 0.6) is 0 Å². The van der Waals surface area contributed by atoms with E-state index in [0.29, 0.717) is 30.0 Å². The minimum atomic E-state index is -0.338. The first-order chi connectivity index (χ1) is 10.1. The number of hydrogen-bond donors (Lipinski definition) is 1. The summed E-state index contributed by atoms with van der Waals surface area (Å²) in [5.74, 6) is -0.338. The van der Waals surface area contributed by atoms with Crippen molar-refractivity contribution in [3.63, 3.8) is 0 Å². The molecule has 0 amide bonds. The van der Waals surface area contributed by atoms with Crippen LogP contribution in [0.15, 0.2) is 24.4 Å². The number of ether oxygens (including phenoxy) is 1. The monoisotopic (exact) mass is 291 g/mol. The Balaban J connectivity index is 2.61. The summed E-state index contributed by atoms with van der Waals surface area (Å²) in [6.07, 6.45) is 2.57. The Labute approximate surface area is 124 Å². The van der Waals surface area contributed by atoms with Gasteiger partial charge in [0, 0.05) is 37.0 Å². The quantitative estimate of drug-likeness (QED) is 0.830. The second kappa shape index (κ2) is 6.72. The van der Waals surface area contributed by atoms with Crippen LogP contribution in [0.3, 0.4) is 0 Å². The highest BCUT2D eigenvalue weighted by molar-refractivity contribution is 5.99. The topological polar surface area (TPSA) is 51.4 Å². The number of aromatic nitrogens is 1. The summed E-state index contributed by atoms with van der Waals surface area (Å²) < 4.78 is 19.7. The number of halogens is 1. The molecule has 1 aromatic carbocycles. The maximum Gasteiger partial charge on any atom is 0.150 e. The summed E-state index contributed by atoms with van der Waals surface area (Å²) in [7, 11) is 1.64. The molecule has 0 aliphatic rings. The molecule has 0 bridgehead atoms. The van der Waals surface area contributed by atoms with Gasteiger partial charge in [0.25, 0.3) is 0 Å². The third kappa shape index (κ3) is 3.08. The molecule has 114 valence electrons. The van der Waals surface area contributed by atoms with Gasteiger partial charge in [-0.05, 0) is 31.5 Å². The van der Waals surface area contributed by atoms with E-state index >= 15 is 0 Å². The summed E-state index contributed by atoms with van der Waals surface area (Å²) in [5, 5.41) is 0.777. The van der Waals surface area contributed by atoms with Crippen LogP contribution in [0.4, 0.5) is 15.8 Å². The smallest absolute Gasteiger partial charge is 0.150 e. The van der Waals surface area contributed by atoms with E-state index < -0.39 is 0 Å². The van der Waals surface area contributed by atoms with E-state index in [2.05, 4.69) is 18.8 Å². The molecule has 0 saturated heterocycles. The highest BCUT2D eigenvalue weighted by atomic mass is 19.1. The molecule has 0 aliphatic carbocycles. The molecule has 5 heteroatoms. The first kappa shape index (κ1) is 15.5. The first-order valence-electron chi connectivity index (χ1n) is 7.18. The van der Waals surface area contributed by atoms with Gasteiger partial charge in [0.1, 0.15) is 5.69 Å². The second-order valence-electron chi connectivity index (χ2n) is 5.14. The predicted octanol–water partition coefficient (Wildman–Crippen LogP) is 3.21. The van der Waals surface area contributed by atoms with Crippen LogP contribution in [0, 0.1) is 5.82 Å². The molecule has 21 heavy (non-hydrogen) atoms. The number of benzene rings is 1.